The molecule has 1 aliphatic heterocycles. The molecule has 0 bridgehead atoms. The molecule has 0 unspecified atom stereocenters. The topological polar surface area (TPSA) is 91.2 Å². The number of imidazole rings is 1. The summed E-state index contributed by atoms with van der Waals surface area (Å²) in [6.07, 6.45) is 5.22. The number of anilines is 1. The highest BCUT2D eigenvalue weighted by Crippen LogP contribution is 2.38. The first-order valence-electron chi connectivity index (χ1n) is 10.1. The molecule has 1 N–H and O–H groups in total. The molecule has 1 aromatic carbocycles. The van der Waals surface area contributed by atoms with Gasteiger partial charge in [0, 0.05) is 11.5 Å². The Morgan fingerprint density at radius 3 is 2.83 bits per heavy atom. The van der Waals surface area contributed by atoms with E-state index in [9.17, 15) is 4.79 Å². The fraction of sp³-hybridized carbons (Fsp3) is 0.364. The zero-order chi connectivity index (χ0) is 21.1. The first kappa shape index (κ1) is 20.2. The van der Waals surface area contributed by atoms with Gasteiger partial charge in [0.05, 0.1) is 19.0 Å². The van der Waals surface area contributed by atoms with Crippen LogP contribution in [0.4, 0.5) is 5.82 Å². The van der Waals surface area contributed by atoms with Crippen molar-refractivity contribution >= 4 is 22.9 Å². The van der Waals surface area contributed by atoms with Crippen LogP contribution in [0.3, 0.4) is 0 Å². The lowest BCUT2D eigenvalue weighted by molar-refractivity contribution is -0.0561. The van der Waals surface area contributed by atoms with Gasteiger partial charge in [-0.2, -0.15) is 0 Å². The minimum atomic E-state index is -0.373. The van der Waals surface area contributed by atoms with Crippen molar-refractivity contribution in [3.05, 3.63) is 61.2 Å². The molecular weight excluding hydrogens is 382 g/mol. The van der Waals surface area contributed by atoms with Crippen molar-refractivity contribution in [3.63, 3.8) is 0 Å². The number of aromatic nitrogens is 4. The number of hydrogen-bond acceptors (Lipinski definition) is 6. The predicted octanol–water partition coefficient (Wildman–Crippen LogP) is 3.59. The molecule has 4 atom stereocenters. The molecule has 3 heterocycles. The highest BCUT2D eigenvalue weighted by Gasteiger charge is 2.43. The number of ether oxygens (including phenoxy) is 2. The average molecular weight is 407 g/mol. The highest BCUT2D eigenvalue weighted by molar-refractivity contribution is 6.06. The number of nitrogens with zero attached hydrogens (tertiary/aromatic N) is 4. The zero-order valence-corrected chi connectivity index (χ0v) is 17.1. The largest absolute Gasteiger partial charge is 0.369 e. The van der Waals surface area contributed by atoms with Gasteiger partial charge in [0.25, 0.3) is 5.91 Å². The molecule has 1 fully saturated rings. The Morgan fingerprint density at radius 2 is 2.10 bits per heavy atom. The minimum Gasteiger partial charge on any atom is -0.369 e. The first-order chi connectivity index (χ1) is 14.6. The monoisotopic (exact) mass is 407 g/mol. The second-order valence-electron chi connectivity index (χ2n) is 7.29. The van der Waals surface area contributed by atoms with Gasteiger partial charge >= 0.3 is 0 Å². The SMILES string of the molecule is C=CCO[C@@H]1[C@H](C)[C@@H](CC)O[C@H]1n1cnc2c(NC(=O)c3ccccc3)ncnc21. The number of amides is 1. The summed E-state index contributed by atoms with van der Waals surface area (Å²) in [4.78, 5) is 25.6. The van der Waals surface area contributed by atoms with Crippen LogP contribution in [0.2, 0.25) is 0 Å². The Balaban J connectivity index is 1.65. The van der Waals surface area contributed by atoms with Gasteiger partial charge in [-0.05, 0) is 18.6 Å². The van der Waals surface area contributed by atoms with Crippen molar-refractivity contribution in [2.24, 2.45) is 5.92 Å². The van der Waals surface area contributed by atoms with Gasteiger partial charge in [-0.1, -0.05) is 38.1 Å². The van der Waals surface area contributed by atoms with Crippen LogP contribution in [0.15, 0.2) is 55.6 Å². The van der Waals surface area contributed by atoms with Gasteiger partial charge in [-0.15, -0.1) is 6.58 Å². The fourth-order valence-electron chi connectivity index (χ4n) is 3.86. The summed E-state index contributed by atoms with van der Waals surface area (Å²) in [6, 6.07) is 8.97. The highest BCUT2D eigenvalue weighted by atomic mass is 16.6. The number of fused-ring (bicyclic) bond motifs is 1. The molecular formula is C22H25N5O3. The quantitative estimate of drug-likeness (QED) is 0.602. The van der Waals surface area contributed by atoms with E-state index in [4.69, 9.17) is 9.47 Å². The maximum Gasteiger partial charge on any atom is 0.256 e. The summed E-state index contributed by atoms with van der Waals surface area (Å²) >= 11 is 0. The predicted molar refractivity (Wildman–Crippen MR) is 113 cm³/mol. The van der Waals surface area contributed by atoms with E-state index in [0.29, 0.717) is 29.2 Å². The van der Waals surface area contributed by atoms with Gasteiger partial charge in [0.1, 0.15) is 12.4 Å². The number of rotatable bonds is 7. The van der Waals surface area contributed by atoms with E-state index >= 15 is 0 Å². The third-order valence-electron chi connectivity index (χ3n) is 5.41. The van der Waals surface area contributed by atoms with Crippen molar-refractivity contribution in [1.82, 2.24) is 19.5 Å². The molecule has 0 aliphatic carbocycles. The minimum absolute atomic E-state index is 0.0707. The molecule has 8 nitrogen and oxygen atoms in total. The Hall–Kier alpha value is -3.10. The summed E-state index contributed by atoms with van der Waals surface area (Å²) in [7, 11) is 0. The molecule has 0 radical (unpaired) electrons. The molecule has 1 amide bonds. The molecule has 0 saturated carbocycles. The van der Waals surface area contributed by atoms with Crippen molar-refractivity contribution in [3.8, 4) is 0 Å². The number of carbonyl (C=O) groups excluding carboxylic acids is 1. The third-order valence-corrected chi connectivity index (χ3v) is 5.41. The number of benzene rings is 1. The Labute approximate surface area is 175 Å². The maximum atomic E-state index is 12.6. The van der Waals surface area contributed by atoms with Crippen LogP contribution in [0, 0.1) is 5.92 Å². The molecule has 156 valence electrons. The van der Waals surface area contributed by atoms with Crippen LogP contribution < -0.4 is 5.32 Å². The molecule has 4 rings (SSSR count). The van der Waals surface area contributed by atoms with E-state index in [1.54, 1.807) is 24.5 Å². The average Bonchev–Trinajstić information content (AvgIpc) is 3.34. The van der Waals surface area contributed by atoms with Gasteiger partial charge in [-0.25, -0.2) is 15.0 Å². The van der Waals surface area contributed by atoms with E-state index in [-0.39, 0.29) is 30.3 Å². The van der Waals surface area contributed by atoms with E-state index in [0.717, 1.165) is 6.42 Å². The van der Waals surface area contributed by atoms with Crippen LogP contribution in [0.1, 0.15) is 36.9 Å². The van der Waals surface area contributed by atoms with E-state index in [1.807, 2.05) is 22.8 Å². The summed E-state index contributed by atoms with van der Waals surface area (Å²) in [5, 5.41) is 2.83. The van der Waals surface area contributed by atoms with Crippen LogP contribution in [0.5, 0.6) is 0 Å². The van der Waals surface area contributed by atoms with E-state index < -0.39 is 0 Å². The van der Waals surface area contributed by atoms with Crippen molar-refractivity contribution in [2.45, 2.75) is 38.7 Å². The molecule has 3 aromatic rings. The Kier molecular flexibility index (Phi) is 5.87. The second-order valence-corrected chi connectivity index (χ2v) is 7.29. The lowest BCUT2D eigenvalue weighted by Gasteiger charge is -2.22. The summed E-state index contributed by atoms with van der Waals surface area (Å²) in [5.41, 5.74) is 1.62. The lowest BCUT2D eigenvalue weighted by Crippen LogP contribution is -2.28. The van der Waals surface area contributed by atoms with Gasteiger partial charge in [0.15, 0.2) is 23.2 Å². The van der Waals surface area contributed by atoms with Crippen LogP contribution in [0.25, 0.3) is 11.2 Å². The van der Waals surface area contributed by atoms with E-state index in [2.05, 4.69) is 40.7 Å². The number of nitrogens with one attached hydrogen (secondary N) is 1. The van der Waals surface area contributed by atoms with Crippen molar-refractivity contribution in [1.29, 1.82) is 0 Å². The van der Waals surface area contributed by atoms with Gasteiger partial charge < -0.3 is 14.8 Å². The summed E-state index contributed by atoms with van der Waals surface area (Å²) < 4.78 is 14.2. The molecule has 30 heavy (non-hydrogen) atoms. The normalized spacial score (nSPS) is 23.5. The zero-order valence-electron chi connectivity index (χ0n) is 17.1. The number of carbonyl (C=O) groups is 1. The Bertz CT molecular complexity index is 1040. The van der Waals surface area contributed by atoms with Crippen molar-refractivity contribution < 1.29 is 14.3 Å². The Morgan fingerprint density at radius 1 is 1.30 bits per heavy atom. The lowest BCUT2D eigenvalue weighted by atomic mass is 9.98. The summed E-state index contributed by atoms with van der Waals surface area (Å²) in [5.74, 6) is 0.305. The number of hydrogen-bond donors (Lipinski definition) is 1. The van der Waals surface area contributed by atoms with Gasteiger partial charge in [0.2, 0.25) is 0 Å². The first-order valence-corrected chi connectivity index (χ1v) is 10.1. The molecule has 1 saturated heterocycles. The maximum absolute atomic E-state index is 12.6. The molecule has 0 spiro atoms. The molecule has 8 heteroatoms. The standard InChI is InChI=1S/C22H25N5O3/c1-4-11-29-18-14(3)16(5-2)30-22(18)27-13-25-17-19(23-12-24-20(17)27)26-21(28)15-9-7-6-8-10-15/h4,6-10,12-14,16,18,22H,1,5,11H2,2-3H3,(H,23,24,26,28)/t14-,16-,18-,22-/m1/s1. The van der Waals surface area contributed by atoms with Crippen LogP contribution in [-0.4, -0.2) is 44.2 Å². The smallest absolute Gasteiger partial charge is 0.256 e. The fourth-order valence-corrected chi connectivity index (χ4v) is 3.86. The second kappa shape index (κ2) is 8.73. The molecule has 1 aliphatic rings. The van der Waals surface area contributed by atoms with Gasteiger partial charge in [-0.3, -0.25) is 9.36 Å². The summed E-state index contributed by atoms with van der Waals surface area (Å²) in [6.45, 7) is 8.40. The molecule has 2 aromatic heterocycles. The van der Waals surface area contributed by atoms with Crippen LogP contribution in [-0.2, 0) is 9.47 Å². The van der Waals surface area contributed by atoms with Crippen LogP contribution >= 0.6 is 0 Å². The third kappa shape index (κ3) is 3.71. The van der Waals surface area contributed by atoms with E-state index in [1.165, 1.54) is 6.33 Å². The van der Waals surface area contributed by atoms with Crippen molar-refractivity contribution in [2.75, 3.05) is 11.9 Å².